The highest BCUT2D eigenvalue weighted by molar-refractivity contribution is 5.48. The van der Waals surface area contributed by atoms with Gasteiger partial charge in [0, 0.05) is 18.8 Å². The molecule has 0 radical (unpaired) electrons. The zero-order valence-corrected chi connectivity index (χ0v) is 9.74. The number of benzene rings is 1. The Morgan fingerprint density at radius 1 is 1.00 bits per heavy atom. The lowest BCUT2D eigenvalue weighted by molar-refractivity contribution is 0.475. The largest absolute Gasteiger partial charge is 0.508 e. The molecule has 0 unspecified atom stereocenters. The molecule has 0 heterocycles. The van der Waals surface area contributed by atoms with Gasteiger partial charge in [-0.3, -0.25) is 0 Å². The van der Waals surface area contributed by atoms with E-state index in [1.807, 2.05) is 12.1 Å². The number of anilines is 1. The molecule has 0 spiro atoms. The summed E-state index contributed by atoms with van der Waals surface area (Å²) in [7, 11) is 0. The van der Waals surface area contributed by atoms with Crippen LogP contribution in [-0.4, -0.2) is 18.2 Å². The van der Waals surface area contributed by atoms with Gasteiger partial charge in [-0.2, -0.15) is 0 Å². The molecule has 0 atom stereocenters. The van der Waals surface area contributed by atoms with E-state index in [2.05, 4.69) is 18.7 Å². The van der Waals surface area contributed by atoms with E-state index in [0.29, 0.717) is 5.75 Å². The Hall–Kier alpha value is -1.18. The number of hydrogen-bond donors (Lipinski definition) is 1. The Bertz CT molecular complexity index is 268. The summed E-state index contributed by atoms with van der Waals surface area (Å²) in [4.78, 5) is 2.38. The van der Waals surface area contributed by atoms with Crippen LogP contribution in [0.15, 0.2) is 24.3 Å². The number of phenolic OH excluding ortho intramolecular Hbond substituents is 1. The van der Waals surface area contributed by atoms with Crippen LogP contribution in [0.1, 0.15) is 33.1 Å². The molecule has 84 valence electrons. The third-order valence-electron chi connectivity index (χ3n) is 2.49. The third-order valence-corrected chi connectivity index (χ3v) is 2.49. The molecule has 0 saturated carbocycles. The van der Waals surface area contributed by atoms with Crippen molar-refractivity contribution in [2.75, 3.05) is 18.0 Å². The van der Waals surface area contributed by atoms with Crippen LogP contribution in [0.4, 0.5) is 5.69 Å². The molecule has 0 saturated heterocycles. The van der Waals surface area contributed by atoms with Crippen molar-refractivity contribution in [3.63, 3.8) is 0 Å². The van der Waals surface area contributed by atoms with Crippen LogP contribution in [0.5, 0.6) is 5.75 Å². The van der Waals surface area contributed by atoms with Crippen LogP contribution >= 0.6 is 0 Å². The second kappa shape index (κ2) is 6.33. The number of unbranched alkanes of at least 4 members (excludes halogenated alkanes) is 1. The van der Waals surface area contributed by atoms with Crippen molar-refractivity contribution in [3.8, 4) is 5.75 Å². The van der Waals surface area contributed by atoms with Gasteiger partial charge in [-0.15, -0.1) is 0 Å². The summed E-state index contributed by atoms with van der Waals surface area (Å²) in [6.45, 7) is 6.60. The Morgan fingerprint density at radius 2 is 1.67 bits per heavy atom. The van der Waals surface area contributed by atoms with Crippen LogP contribution < -0.4 is 4.90 Å². The first-order valence-electron chi connectivity index (χ1n) is 5.82. The molecule has 2 heteroatoms. The Kier molecular flexibility index (Phi) is 5.02. The minimum atomic E-state index is 0.339. The molecular formula is C13H21NO. The molecule has 0 amide bonds. The van der Waals surface area contributed by atoms with Gasteiger partial charge < -0.3 is 10.0 Å². The van der Waals surface area contributed by atoms with Crippen molar-refractivity contribution < 1.29 is 5.11 Å². The van der Waals surface area contributed by atoms with E-state index in [1.165, 1.54) is 18.5 Å². The molecule has 2 nitrogen and oxygen atoms in total. The molecular weight excluding hydrogens is 186 g/mol. The van der Waals surface area contributed by atoms with Crippen molar-refractivity contribution in [3.05, 3.63) is 24.3 Å². The first-order chi connectivity index (χ1) is 7.27. The van der Waals surface area contributed by atoms with Crippen LogP contribution in [0.3, 0.4) is 0 Å². The van der Waals surface area contributed by atoms with E-state index in [9.17, 15) is 5.11 Å². The van der Waals surface area contributed by atoms with E-state index in [0.717, 1.165) is 19.5 Å². The second-order valence-electron chi connectivity index (χ2n) is 3.86. The molecule has 1 aromatic rings. The quantitative estimate of drug-likeness (QED) is 0.772. The highest BCUT2D eigenvalue weighted by Crippen LogP contribution is 2.19. The standard InChI is InChI=1S/C13H21NO/c1-3-5-11-14(10-4-2)12-6-8-13(15)9-7-12/h6-9,15H,3-5,10-11H2,1-2H3. The van der Waals surface area contributed by atoms with E-state index in [1.54, 1.807) is 12.1 Å². The molecule has 0 aliphatic heterocycles. The molecule has 15 heavy (non-hydrogen) atoms. The van der Waals surface area contributed by atoms with Gasteiger partial charge in [-0.05, 0) is 37.1 Å². The van der Waals surface area contributed by atoms with Gasteiger partial charge in [0.2, 0.25) is 0 Å². The molecule has 0 bridgehead atoms. The fraction of sp³-hybridized carbons (Fsp3) is 0.538. The van der Waals surface area contributed by atoms with Gasteiger partial charge in [0.1, 0.15) is 5.75 Å². The number of rotatable bonds is 6. The zero-order chi connectivity index (χ0) is 11.1. The maximum atomic E-state index is 9.23. The van der Waals surface area contributed by atoms with E-state index >= 15 is 0 Å². The smallest absolute Gasteiger partial charge is 0.115 e. The fourth-order valence-corrected chi connectivity index (χ4v) is 1.65. The van der Waals surface area contributed by atoms with Crippen molar-refractivity contribution in [1.82, 2.24) is 0 Å². The van der Waals surface area contributed by atoms with Gasteiger partial charge in [0.05, 0.1) is 0 Å². The predicted octanol–water partition coefficient (Wildman–Crippen LogP) is 3.41. The SMILES string of the molecule is CCCCN(CCC)c1ccc(O)cc1. The molecule has 0 aromatic heterocycles. The summed E-state index contributed by atoms with van der Waals surface area (Å²) in [6, 6.07) is 7.48. The minimum absolute atomic E-state index is 0.339. The van der Waals surface area contributed by atoms with Crippen LogP contribution in [0.2, 0.25) is 0 Å². The molecule has 1 N–H and O–H groups in total. The van der Waals surface area contributed by atoms with Crippen molar-refractivity contribution >= 4 is 5.69 Å². The number of hydrogen-bond acceptors (Lipinski definition) is 2. The maximum absolute atomic E-state index is 9.23. The van der Waals surface area contributed by atoms with E-state index in [4.69, 9.17) is 0 Å². The second-order valence-corrected chi connectivity index (χ2v) is 3.86. The molecule has 0 aliphatic rings. The summed E-state index contributed by atoms with van der Waals surface area (Å²) in [6.07, 6.45) is 3.60. The monoisotopic (exact) mass is 207 g/mol. The molecule has 0 aliphatic carbocycles. The number of aromatic hydroxyl groups is 1. The average molecular weight is 207 g/mol. The lowest BCUT2D eigenvalue weighted by atomic mass is 10.2. The Morgan fingerprint density at radius 3 is 2.20 bits per heavy atom. The number of nitrogens with zero attached hydrogens (tertiary/aromatic N) is 1. The zero-order valence-electron chi connectivity index (χ0n) is 9.74. The minimum Gasteiger partial charge on any atom is -0.508 e. The highest BCUT2D eigenvalue weighted by Gasteiger charge is 2.04. The first kappa shape index (κ1) is 11.9. The highest BCUT2D eigenvalue weighted by atomic mass is 16.3. The van der Waals surface area contributed by atoms with Crippen molar-refractivity contribution in [1.29, 1.82) is 0 Å². The van der Waals surface area contributed by atoms with Gasteiger partial charge in [0.15, 0.2) is 0 Å². The molecule has 1 rings (SSSR count). The molecule has 1 aromatic carbocycles. The summed E-state index contributed by atoms with van der Waals surface area (Å²) in [5.74, 6) is 0.339. The third kappa shape index (κ3) is 3.82. The Balaban J connectivity index is 2.65. The van der Waals surface area contributed by atoms with Crippen LogP contribution in [0.25, 0.3) is 0 Å². The summed E-state index contributed by atoms with van der Waals surface area (Å²) >= 11 is 0. The van der Waals surface area contributed by atoms with Gasteiger partial charge in [-0.1, -0.05) is 20.3 Å². The number of phenols is 1. The summed E-state index contributed by atoms with van der Waals surface area (Å²) < 4.78 is 0. The summed E-state index contributed by atoms with van der Waals surface area (Å²) in [5, 5.41) is 9.23. The van der Waals surface area contributed by atoms with Gasteiger partial charge in [-0.25, -0.2) is 0 Å². The van der Waals surface area contributed by atoms with Crippen LogP contribution in [0, 0.1) is 0 Å². The van der Waals surface area contributed by atoms with Gasteiger partial charge >= 0.3 is 0 Å². The lowest BCUT2D eigenvalue weighted by Gasteiger charge is -2.24. The summed E-state index contributed by atoms with van der Waals surface area (Å²) in [5.41, 5.74) is 1.21. The molecule has 0 fully saturated rings. The maximum Gasteiger partial charge on any atom is 0.115 e. The first-order valence-corrected chi connectivity index (χ1v) is 5.82. The van der Waals surface area contributed by atoms with Crippen molar-refractivity contribution in [2.45, 2.75) is 33.1 Å². The Labute approximate surface area is 92.5 Å². The van der Waals surface area contributed by atoms with E-state index in [-0.39, 0.29) is 0 Å². The predicted molar refractivity (Wildman–Crippen MR) is 65.5 cm³/mol. The van der Waals surface area contributed by atoms with Crippen LogP contribution in [-0.2, 0) is 0 Å². The lowest BCUT2D eigenvalue weighted by Crippen LogP contribution is -2.24. The van der Waals surface area contributed by atoms with Gasteiger partial charge in [0.25, 0.3) is 0 Å². The topological polar surface area (TPSA) is 23.5 Å². The van der Waals surface area contributed by atoms with Crippen molar-refractivity contribution in [2.24, 2.45) is 0 Å². The van der Waals surface area contributed by atoms with E-state index < -0.39 is 0 Å². The average Bonchev–Trinajstić information content (AvgIpc) is 2.25. The fourth-order valence-electron chi connectivity index (χ4n) is 1.65. The normalized spacial score (nSPS) is 10.3.